The van der Waals surface area contributed by atoms with E-state index in [2.05, 4.69) is 52.2 Å². The minimum atomic E-state index is -5.84. The summed E-state index contributed by atoms with van der Waals surface area (Å²) in [4.78, 5) is 0. The van der Waals surface area contributed by atoms with Gasteiger partial charge >= 0.3 is 46.9 Å². The summed E-state index contributed by atoms with van der Waals surface area (Å²) in [5.74, 6) is 6.43. The van der Waals surface area contributed by atoms with Crippen molar-refractivity contribution < 1.29 is 155 Å². The molecule has 0 amide bonds. The van der Waals surface area contributed by atoms with Gasteiger partial charge in [0.2, 0.25) is 0 Å². The van der Waals surface area contributed by atoms with Gasteiger partial charge in [-0.3, -0.25) is 13.7 Å². The number of aliphatic hydroxyl groups excluding tert-OH is 2. The summed E-state index contributed by atoms with van der Waals surface area (Å²) < 4.78 is 194. The first-order chi connectivity index (χ1) is 33.6. The number of terminal acetylenes is 2. The molecule has 0 unspecified atom stereocenters. The number of rotatable bonds is 13. The van der Waals surface area contributed by atoms with Gasteiger partial charge in [-0.1, -0.05) is 88.1 Å². The first kappa shape index (κ1) is 79.6. The number of hydrogen-bond donors (Lipinski definition) is 7. The van der Waals surface area contributed by atoms with Crippen LogP contribution in [0.1, 0.15) is 49.9 Å². The molecule has 17 nitrogen and oxygen atoms in total. The molecule has 0 aromatic heterocycles. The van der Waals surface area contributed by atoms with Crippen molar-refractivity contribution in [3.05, 3.63) is 119 Å². The van der Waals surface area contributed by atoms with Crippen molar-refractivity contribution in [2.24, 2.45) is 0 Å². The van der Waals surface area contributed by atoms with Crippen LogP contribution in [0, 0.1) is 62.0 Å². The molecule has 0 saturated carbocycles. The Labute approximate surface area is 482 Å². The van der Waals surface area contributed by atoms with Crippen molar-refractivity contribution in [3.8, 4) is 47.7 Å². The predicted octanol–water partition coefficient (Wildman–Crippen LogP) is 7.62. The van der Waals surface area contributed by atoms with Gasteiger partial charge in [-0.2, -0.15) is 91.8 Å². The molecule has 1 saturated heterocycles. The smallest absolute Gasteiger partial charge is 0.508 e. The van der Waals surface area contributed by atoms with E-state index in [0.29, 0.717) is 18.1 Å². The molecule has 0 bridgehead atoms. The van der Waals surface area contributed by atoms with Crippen LogP contribution in [0.5, 0.6) is 23.0 Å². The van der Waals surface area contributed by atoms with Crippen LogP contribution in [0.4, 0.5) is 39.5 Å². The SMILES string of the molecule is C#CCO.C#CCOC[C@H](O)COc1ccc(C(C)(C)c2ccc(O)cc2)cc1.CC(C)(c1ccc(O)cc1)c1ccc(OC[C@@H]2CO2)cc1.O=S(=O)(O)C(F)(F)F.O=S(=O)(O)C(F)(F)F.O=S(=O)(O)C(F)(F)F.S.S.[Er]. The Bertz CT molecular complexity index is 2630. The fraction of sp³-hybridized carbons (Fsp3) is 0.378. The zero-order valence-electron chi connectivity index (χ0n) is 40.4. The van der Waals surface area contributed by atoms with E-state index in [1.165, 1.54) is 11.1 Å². The first-order valence-corrected chi connectivity index (χ1v) is 24.5. The summed E-state index contributed by atoms with van der Waals surface area (Å²) in [6, 6.07) is 30.6. The molecule has 77 heavy (non-hydrogen) atoms. The third-order valence-corrected chi connectivity index (χ3v) is 10.8. The van der Waals surface area contributed by atoms with Gasteiger partial charge in [0, 0.05) is 48.1 Å². The third kappa shape index (κ3) is 31.5. The molecule has 0 radical (unpaired) electrons. The molecular formula is C45H55ErF9O17S5. The number of benzene rings is 4. The average Bonchev–Trinajstić information content (AvgIpc) is 4.12. The summed E-state index contributed by atoms with van der Waals surface area (Å²) in [5, 5.41) is 36.2. The molecule has 1 heterocycles. The second-order valence-corrected chi connectivity index (χ2v) is 19.7. The molecule has 0 spiro atoms. The second kappa shape index (κ2) is 35.0. The number of aliphatic hydroxyl groups is 2. The monoisotopic (exact) mass is 1360 g/mol. The van der Waals surface area contributed by atoms with Gasteiger partial charge < -0.3 is 39.4 Å². The Morgan fingerprint density at radius 2 is 0.831 bits per heavy atom. The third-order valence-electron chi connectivity index (χ3n) is 9.08. The van der Waals surface area contributed by atoms with Crippen LogP contribution < -0.4 is 9.47 Å². The van der Waals surface area contributed by atoms with Crippen LogP contribution in [0.3, 0.4) is 0 Å². The van der Waals surface area contributed by atoms with E-state index in [0.717, 1.165) is 23.5 Å². The zero-order valence-corrected chi connectivity index (χ0v) is 46.7. The number of alkyl halides is 9. The van der Waals surface area contributed by atoms with Crippen LogP contribution in [-0.2, 0) is 50.7 Å². The molecule has 442 valence electrons. The molecule has 7 N–H and O–H groups in total. The molecule has 1 aliphatic heterocycles. The fourth-order valence-corrected chi connectivity index (χ4v) is 4.87. The van der Waals surface area contributed by atoms with Crippen molar-refractivity contribution in [2.75, 3.05) is 39.6 Å². The maximum atomic E-state index is 10.7. The van der Waals surface area contributed by atoms with Gasteiger partial charge in [0.1, 0.15) is 61.6 Å². The Morgan fingerprint density at radius 3 is 1.06 bits per heavy atom. The van der Waals surface area contributed by atoms with E-state index < -0.39 is 53.0 Å². The summed E-state index contributed by atoms with van der Waals surface area (Å²) in [6.45, 7) is 10.4. The average molecular weight is 1370 g/mol. The zero-order chi connectivity index (χ0) is 57.6. The Hall–Kier alpha value is -3.91. The van der Waals surface area contributed by atoms with Crippen molar-refractivity contribution in [1.82, 2.24) is 0 Å². The van der Waals surface area contributed by atoms with Crippen LogP contribution in [0.25, 0.3) is 0 Å². The molecule has 5 rings (SSSR count). The van der Waals surface area contributed by atoms with Gasteiger partial charge in [0.05, 0.1) is 13.2 Å². The topological polar surface area (TPSA) is 284 Å². The van der Waals surface area contributed by atoms with Crippen LogP contribution in [0.15, 0.2) is 97.1 Å². The molecule has 1 fully saturated rings. The van der Waals surface area contributed by atoms with Crippen LogP contribution >= 0.6 is 27.0 Å². The van der Waals surface area contributed by atoms with Gasteiger partial charge in [-0.05, 0) is 70.8 Å². The predicted molar refractivity (Wildman–Crippen MR) is 269 cm³/mol. The van der Waals surface area contributed by atoms with Crippen LogP contribution in [-0.4, -0.2) is 128 Å². The molecule has 4 aromatic rings. The van der Waals surface area contributed by atoms with E-state index in [4.69, 9.17) is 69.4 Å². The normalized spacial score (nSPS) is 13.4. The number of phenolic OH excluding ortho intramolecular Hbond substituents is 2. The van der Waals surface area contributed by atoms with Crippen molar-refractivity contribution in [1.29, 1.82) is 0 Å². The number of hydrogen-bond acceptors (Lipinski definition) is 14. The van der Waals surface area contributed by atoms with Crippen molar-refractivity contribution >= 4 is 57.3 Å². The minimum Gasteiger partial charge on any atom is -0.508 e. The number of phenols is 2. The Morgan fingerprint density at radius 1 is 0.571 bits per heavy atom. The minimum absolute atomic E-state index is 0. The first-order valence-electron chi connectivity index (χ1n) is 20.2. The quantitative estimate of drug-likeness (QED) is 0.0169. The second-order valence-electron chi connectivity index (χ2n) is 15.5. The van der Waals surface area contributed by atoms with Gasteiger partial charge in [0.15, 0.2) is 0 Å². The van der Waals surface area contributed by atoms with Gasteiger partial charge in [-0.25, -0.2) is 0 Å². The molecule has 2 atom stereocenters. The Balaban J connectivity index is -0.000000458. The van der Waals surface area contributed by atoms with Crippen LogP contribution in [0.2, 0.25) is 0 Å². The number of ether oxygens (including phenoxy) is 4. The van der Waals surface area contributed by atoms with E-state index in [1.54, 1.807) is 24.3 Å². The van der Waals surface area contributed by atoms with E-state index in [9.17, 15) is 54.8 Å². The molecule has 4 aromatic carbocycles. The maximum Gasteiger partial charge on any atom is 0.522 e. The molecular weight excluding hydrogens is 1310 g/mol. The summed E-state index contributed by atoms with van der Waals surface area (Å²) in [6.07, 6.45) is 9.16. The van der Waals surface area contributed by atoms with Crippen molar-refractivity contribution in [2.45, 2.75) is 67.3 Å². The number of aromatic hydroxyl groups is 2. The van der Waals surface area contributed by atoms with Gasteiger partial charge in [0.25, 0.3) is 0 Å². The summed E-state index contributed by atoms with van der Waals surface area (Å²) in [5.41, 5.74) is -12.3. The molecule has 32 heteroatoms. The molecule has 1 aliphatic rings. The number of epoxide rings is 1. The largest absolute Gasteiger partial charge is 0.522 e. The number of halogens is 9. The maximum absolute atomic E-state index is 10.7. The van der Waals surface area contributed by atoms with Crippen molar-refractivity contribution in [3.63, 3.8) is 0 Å². The fourth-order valence-electron chi connectivity index (χ4n) is 4.87. The summed E-state index contributed by atoms with van der Waals surface area (Å²) >= 11 is 0. The van der Waals surface area contributed by atoms with Gasteiger partial charge in [-0.15, -0.1) is 12.8 Å². The standard InChI is InChI=1S/C21H24O4.C18H20O3.C3H4O.3CHF3O3S.Er.2H2S/c1-4-13-24-14-19(23)15-25-20-11-7-17(8-12-20)21(2,3)16-5-9-18(22)10-6-16;1-18(2,13-3-7-15(19)8-4-13)14-5-9-16(10-6-14)20-11-17-12-21-17;1-2-3-4;3*2-1(3,4)8(5,6)7;;;/h1,5-12,19,22-23H,13-15H2,2-3H3;3-10,17,19H,11-12H2,1-2H3;1,4H,3H2;3*(H,5,6,7);;2*1H2/t19-;17-;;;;;;;/m01......./s1. The Kier molecular flexibility index (Phi) is 36.1. The summed E-state index contributed by atoms with van der Waals surface area (Å²) in [7, 11) is -17.5. The van der Waals surface area contributed by atoms with E-state index >= 15 is 0 Å². The molecule has 0 aliphatic carbocycles. The van der Waals surface area contributed by atoms with E-state index in [1.807, 2.05) is 66.6 Å². The van der Waals surface area contributed by atoms with E-state index in [-0.39, 0.29) is 113 Å².